The number of rotatable bonds is 13. The molecule has 6 aliphatic rings. The normalized spacial score (nSPS) is 46.7. The van der Waals surface area contributed by atoms with Gasteiger partial charge in [0.05, 0.1) is 58.0 Å². The van der Waals surface area contributed by atoms with E-state index in [1.165, 1.54) is 14.2 Å². The summed E-state index contributed by atoms with van der Waals surface area (Å²) in [5.41, 5.74) is -3.79. The highest BCUT2D eigenvalue weighted by molar-refractivity contribution is 7.46. The van der Waals surface area contributed by atoms with Crippen LogP contribution in [0.25, 0.3) is 0 Å². The van der Waals surface area contributed by atoms with E-state index in [-0.39, 0.29) is 38.6 Å². The summed E-state index contributed by atoms with van der Waals surface area (Å²) in [6.45, 7) is 12.2. The zero-order valence-corrected chi connectivity index (χ0v) is 29.2. The van der Waals surface area contributed by atoms with E-state index in [2.05, 4.69) is 0 Å². The lowest BCUT2D eigenvalue weighted by molar-refractivity contribution is -0.247. The molecule has 0 spiro atoms. The van der Waals surface area contributed by atoms with Crippen molar-refractivity contribution in [2.24, 2.45) is 0 Å². The molecule has 0 amide bonds. The molecule has 6 rings (SSSR count). The van der Waals surface area contributed by atoms with Crippen LogP contribution in [0.5, 0.6) is 0 Å². The summed E-state index contributed by atoms with van der Waals surface area (Å²) in [4.78, 5) is 26.0. The molecule has 8 unspecified atom stereocenters. The van der Waals surface area contributed by atoms with Crippen molar-refractivity contribution < 1.29 is 74.9 Å². The van der Waals surface area contributed by atoms with Crippen molar-refractivity contribution in [1.29, 1.82) is 0 Å². The first-order valence-electron chi connectivity index (χ1n) is 15.5. The summed E-state index contributed by atoms with van der Waals surface area (Å²) >= 11 is 0. The van der Waals surface area contributed by atoms with Crippen LogP contribution in [-0.4, -0.2) is 126 Å². The second-order valence-corrected chi connectivity index (χ2v) is 14.3. The SMILES string of the molecule is CC.CC.COCC12COC([C@@H](C)O1)[C@@H]2OP(=O)([O-])OCC12COC([C@@H](C)O1)[C@@H]2OP(=O)([O-])OCC12COC([C@@H](C)O1)[C@@H]2OC. The fourth-order valence-electron chi connectivity index (χ4n) is 6.97. The van der Waals surface area contributed by atoms with E-state index >= 15 is 0 Å². The molecule has 14 atom stereocenters. The third-order valence-electron chi connectivity index (χ3n) is 8.72. The van der Waals surface area contributed by atoms with Crippen molar-refractivity contribution in [3.63, 3.8) is 0 Å². The van der Waals surface area contributed by atoms with Gasteiger partial charge in [0.2, 0.25) is 0 Å². The second kappa shape index (κ2) is 14.4. The Bertz CT molecular complexity index is 1100. The van der Waals surface area contributed by atoms with Gasteiger partial charge in [0.25, 0.3) is 15.6 Å². The fraction of sp³-hybridized carbons (Fsp3) is 1.00. The summed E-state index contributed by atoms with van der Waals surface area (Å²) in [5.74, 6) is 0. The van der Waals surface area contributed by atoms with Crippen LogP contribution in [0, 0.1) is 0 Å². The smallest absolute Gasteiger partial charge is 0.268 e. The number of fused-ring (bicyclic) bond motifs is 6. The quantitative estimate of drug-likeness (QED) is 0.250. The van der Waals surface area contributed by atoms with E-state index in [0.29, 0.717) is 0 Å². The standard InChI is InChI=1S/C23H38O16P2.2C2H6/c1-12-15-18(29-5)22(36-12,8-30-15)10-33-40(24,25)39-20-17-14(3)37-23(20,9-32-17)11-34-41(26,27)38-19-16-13(2)35-21(19,6-28-4)7-31-16;2*1-2/h12-20H,6-11H2,1-5H3,(H,24,25)(H,26,27);2*1-2H3/p-2/t12-,13-,14-,15?,16?,17?,18+,19+,20+,21?,22?,23?;;/m1../s1. The number of hydrogen-bond donors (Lipinski definition) is 0. The van der Waals surface area contributed by atoms with Crippen LogP contribution >= 0.6 is 15.6 Å². The Kier molecular flexibility index (Phi) is 12.1. The summed E-state index contributed by atoms with van der Waals surface area (Å²) in [6, 6.07) is 0. The molecule has 0 saturated carbocycles. The zero-order chi connectivity index (χ0) is 33.4. The van der Waals surface area contributed by atoms with Gasteiger partial charge in [-0.3, -0.25) is 9.13 Å². The van der Waals surface area contributed by atoms with Crippen LogP contribution in [-0.2, 0) is 65.1 Å². The first-order valence-corrected chi connectivity index (χ1v) is 18.4. The maximum absolute atomic E-state index is 13.0. The molecule has 0 radical (unpaired) electrons. The molecule has 0 aromatic rings. The molecule has 0 aliphatic carbocycles. The van der Waals surface area contributed by atoms with Gasteiger partial charge in [-0.1, -0.05) is 27.7 Å². The Morgan fingerprint density at radius 3 is 1.29 bits per heavy atom. The number of phosphoric ester groups is 2. The molecule has 264 valence electrons. The molecule has 0 N–H and O–H groups in total. The molecule has 45 heavy (non-hydrogen) atoms. The molecule has 6 aliphatic heterocycles. The summed E-state index contributed by atoms with van der Waals surface area (Å²) < 4.78 is 92.9. The van der Waals surface area contributed by atoms with Gasteiger partial charge in [0.15, 0.2) is 0 Å². The van der Waals surface area contributed by atoms with Crippen LogP contribution in [0.3, 0.4) is 0 Å². The Hall–Kier alpha value is -0.100. The predicted octanol–water partition coefficient (Wildman–Crippen LogP) is 1.11. The van der Waals surface area contributed by atoms with Crippen LogP contribution in [0.15, 0.2) is 0 Å². The summed E-state index contributed by atoms with van der Waals surface area (Å²) in [6.07, 6.45) is -5.92. The topological polar surface area (TPSA) is 191 Å². The van der Waals surface area contributed by atoms with Crippen molar-refractivity contribution in [1.82, 2.24) is 0 Å². The largest absolute Gasteiger partial charge is 0.756 e. The lowest BCUT2D eigenvalue weighted by Crippen LogP contribution is -2.48. The Morgan fingerprint density at radius 2 is 0.956 bits per heavy atom. The van der Waals surface area contributed by atoms with Crippen LogP contribution in [0.1, 0.15) is 48.5 Å². The third kappa shape index (κ3) is 7.00. The second-order valence-electron chi connectivity index (χ2n) is 11.6. The maximum Gasteiger partial charge on any atom is 0.268 e. The van der Waals surface area contributed by atoms with Gasteiger partial charge < -0.3 is 65.8 Å². The van der Waals surface area contributed by atoms with Crippen LogP contribution < -0.4 is 9.79 Å². The average molecular weight is 691 g/mol. The van der Waals surface area contributed by atoms with Crippen LogP contribution in [0.4, 0.5) is 0 Å². The molecule has 0 aromatic carbocycles. The molecule has 6 saturated heterocycles. The highest BCUT2D eigenvalue weighted by Gasteiger charge is 2.65. The Labute approximate surface area is 264 Å². The van der Waals surface area contributed by atoms with Gasteiger partial charge in [-0.2, -0.15) is 0 Å². The van der Waals surface area contributed by atoms with Gasteiger partial charge in [-0.25, -0.2) is 0 Å². The van der Waals surface area contributed by atoms with Gasteiger partial charge in [0, 0.05) is 14.2 Å². The number of methoxy groups -OCH3 is 2. The third-order valence-corrected chi connectivity index (χ3v) is 10.6. The molecule has 6 fully saturated rings. The minimum Gasteiger partial charge on any atom is -0.756 e. The van der Waals surface area contributed by atoms with Crippen molar-refractivity contribution in [3.8, 4) is 0 Å². The lowest BCUT2D eigenvalue weighted by Gasteiger charge is -2.37. The predicted molar refractivity (Wildman–Crippen MR) is 151 cm³/mol. The van der Waals surface area contributed by atoms with Crippen LogP contribution in [0.2, 0.25) is 0 Å². The summed E-state index contributed by atoms with van der Waals surface area (Å²) in [7, 11) is -7.04. The van der Waals surface area contributed by atoms with E-state index in [9.17, 15) is 18.9 Å². The molecule has 18 heteroatoms. The molecular formula is C27H48O16P2-2. The first kappa shape index (κ1) is 37.7. The summed E-state index contributed by atoms with van der Waals surface area (Å²) in [5, 5.41) is 0. The number of phosphoric acid groups is 2. The molecule has 6 bridgehead atoms. The number of hydrogen-bond acceptors (Lipinski definition) is 16. The molecule has 16 nitrogen and oxygen atoms in total. The van der Waals surface area contributed by atoms with Gasteiger partial charge in [0.1, 0.15) is 53.4 Å². The Balaban J connectivity index is 0.00000111. The highest BCUT2D eigenvalue weighted by Crippen LogP contribution is 2.55. The van der Waals surface area contributed by atoms with Gasteiger partial charge in [-0.05, 0) is 20.8 Å². The highest BCUT2D eigenvalue weighted by atomic mass is 31.2. The van der Waals surface area contributed by atoms with Crippen molar-refractivity contribution >= 4 is 15.6 Å². The van der Waals surface area contributed by atoms with E-state index in [0.717, 1.165) is 0 Å². The van der Waals surface area contributed by atoms with Crippen molar-refractivity contribution in [2.75, 3.05) is 53.9 Å². The van der Waals surface area contributed by atoms with Crippen molar-refractivity contribution in [3.05, 3.63) is 0 Å². The fourth-order valence-corrected chi connectivity index (χ4v) is 9.03. The minimum atomic E-state index is -4.99. The minimum absolute atomic E-state index is 0.0520. The van der Waals surface area contributed by atoms with E-state index in [4.69, 9.17) is 56.0 Å². The lowest BCUT2D eigenvalue weighted by atomic mass is 10.00. The van der Waals surface area contributed by atoms with Gasteiger partial charge in [-0.15, -0.1) is 0 Å². The first-order chi connectivity index (χ1) is 21.3. The zero-order valence-electron chi connectivity index (χ0n) is 27.4. The van der Waals surface area contributed by atoms with E-state index in [1.807, 2.05) is 27.7 Å². The average Bonchev–Trinajstić information content (AvgIpc) is 3.80. The monoisotopic (exact) mass is 690 g/mol. The van der Waals surface area contributed by atoms with E-state index < -0.39 is 88.4 Å². The van der Waals surface area contributed by atoms with Gasteiger partial charge >= 0.3 is 0 Å². The van der Waals surface area contributed by atoms with E-state index in [1.54, 1.807) is 20.8 Å². The molecular weight excluding hydrogens is 642 g/mol. The Morgan fingerprint density at radius 1 is 0.622 bits per heavy atom. The van der Waals surface area contributed by atoms with Crippen molar-refractivity contribution in [2.45, 2.75) is 120 Å². The molecule has 6 heterocycles. The number of ether oxygens (including phenoxy) is 8. The molecule has 0 aromatic heterocycles. The maximum atomic E-state index is 13.0.